The van der Waals surface area contributed by atoms with E-state index in [0.29, 0.717) is 22.8 Å². The molecule has 6 nitrogen and oxygen atoms in total. The first-order chi connectivity index (χ1) is 12.5. The molecule has 2 N–H and O–H groups in total. The minimum absolute atomic E-state index is 0.0755. The average molecular weight is 391 g/mol. The van der Waals surface area contributed by atoms with Crippen molar-refractivity contribution in [1.29, 1.82) is 0 Å². The number of nitrogens with zero attached hydrogens (tertiary/aromatic N) is 2. The lowest BCUT2D eigenvalue weighted by Gasteiger charge is -2.18. The van der Waals surface area contributed by atoms with Crippen molar-refractivity contribution in [2.45, 2.75) is 54.0 Å². The monoisotopic (exact) mass is 390 g/mol. The van der Waals surface area contributed by atoms with E-state index in [1.54, 1.807) is 29.8 Å². The first-order valence-corrected chi connectivity index (χ1v) is 9.27. The van der Waals surface area contributed by atoms with Gasteiger partial charge in [-0.05, 0) is 50.5 Å². The van der Waals surface area contributed by atoms with Gasteiger partial charge in [-0.3, -0.25) is 14.3 Å². The summed E-state index contributed by atoms with van der Waals surface area (Å²) >= 11 is 6.29. The molecule has 146 valence electrons. The summed E-state index contributed by atoms with van der Waals surface area (Å²) in [7, 11) is 0. The van der Waals surface area contributed by atoms with Crippen LogP contribution in [-0.4, -0.2) is 21.6 Å². The Bertz CT molecular complexity index is 852. The topological polar surface area (TPSA) is 76.0 Å². The molecule has 7 heteroatoms. The van der Waals surface area contributed by atoms with Crippen molar-refractivity contribution in [2.24, 2.45) is 5.41 Å². The number of carbonyl (C=O) groups excluding carboxylic acids is 2. The molecule has 1 aromatic carbocycles. The number of anilines is 2. The molecule has 1 unspecified atom stereocenters. The molecule has 0 bridgehead atoms. The highest BCUT2D eigenvalue weighted by Crippen LogP contribution is 2.27. The number of benzene rings is 1. The Balaban J connectivity index is 2.06. The highest BCUT2D eigenvalue weighted by molar-refractivity contribution is 6.34. The third-order valence-corrected chi connectivity index (χ3v) is 4.31. The van der Waals surface area contributed by atoms with Crippen molar-refractivity contribution in [3.63, 3.8) is 0 Å². The van der Waals surface area contributed by atoms with Crippen LogP contribution >= 0.6 is 11.6 Å². The number of hydrogen-bond acceptors (Lipinski definition) is 3. The summed E-state index contributed by atoms with van der Waals surface area (Å²) in [6.07, 6.45) is 0.406. The zero-order chi connectivity index (χ0) is 20.4. The van der Waals surface area contributed by atoms with E-state index >= 15 is 0 Å². The summed E-state index contributed by atoms with van der Waals surface area (Å²) in [5.74, 6) is -0.291. The Hall–Kier alpha value is -2.34. The lowest BCUT2D eigenvalue weighted by atomic mass is 9.92. The maximum atomic E-state index is 12.5. The molecule has 0 saturated heterocycles. The molecular weight excluding hydrogens is 364 g/mol. The van der Waals surface area contributed by atoms with Crippen LogP contribution in [0.1, 0.15) is 51.5 Å². The van der Waals surface area contributed by atoms with Crippen LogP contribution in [-0.2, 0) is 9.59 Å². The number of carbonyl (C=O) groups is 2. The van der Waals surface area contributed by atoms with Gasteiger partial charge in [0.05, 0.1) is 16.4 Å². The molecule has 0 fully saturated rings. The normalized spacial score (nSPS) is 12.6. The van der Waals surface area contributed by atoms with Crippen molar-refractivity contribution in [1.82, 2.24) is 9.78 Å². The van der Waals surface area contributed by atoms with Crippen molar-refractivity contribution in [3.8, 4) is 0 Å². The second-order valence-corrected chi connectivity index (χ2v) is 8.42. The summed E-state index contributed by atoms with van der Waals surface area (Å²) in [6.45, 7) is 11.6. The van der Waals surface area contributed by atoms with Crippen molar-refractivity contribution >= 4 is 34.8 Å². The fraction of sp³-hybridized carbons (Fsp3) is 0.450. The van der Waals surface area contributed by atoms with E-state index in [4.69, 9.17) is 11.6 Å². The highest BCUT2D eigenvalue weighted by Gasteiger charge is 2.19. The quantitative estimate of drug-likeness (QED) is 0.774. The summed E-state index contributed by atoms with van der Waals surface area (Å²) in [5.41, 5.74) is 2.77. The molecule has 1 atom stereocenters. The molecule has 0 aliphatic rings. The van der Waals surface area contributed by atoms with E-state index in [1.807, 2.05) is 40.7 Å². The molecule has 0 saturated carbocycles. The van der Waals surface area contributed by atoms with Crippen LogP contribution in [0.3, 0.4) is 0 Å². The fourth-order valence-electron chi connectivity index (χ4n) is 2.77. The van der Waals surface area contributed by atoms with Gasteiger partial charge in [0, 0.05) is 17.8 Å². The summed E-state index contributed by atoms with van der Waals surface area (Å²) in [5, 5.41) is 10.4. The third kappa shape index (κ3) is 5.82. The van der Waals surface area contributed by atoms with E-state index in [9.17, 15) is 9.59 Å². The minimum Gasteiger partial charge on any atom is -0.326 e. The van der Waals surface area contributed by atoms with Crippen LogP contribution in [0.25, 0.3) is 0 Å². The van der Waals surface area contributed by atoms with Gasteiger partial charge in [0.15, 0.2) is 0 Å². The Kier molecular flexibility index (Phi) is 6.31. The Labute approximate surface area is 165 Å². The van der Waals surface area contributed by atoms with Crippen molar-refractivity contribution in [2.75, 3.05) is 10.6 Å². The van der Waals surface area contributed by atoms with E-state index in [1.165, 1.54) is 0 Å². The van der Waals surface area contributed by atoms with Crippen molar-refractivity contribution in [3.05, 3.63) is 40.7 Å². The summed E-state index contributed by atoms with van der Waals surface area (Å²) < 4.78 is 1.68. The highest BCUT2D eigenvalue weighted by atomic mass is 35.5. The first kappa shape index (κ1) is 21.0. The van der Waals surface area contributed by atoms with Gasteiger partial charge in [-0.15, -0.1) is 0 Å². The van der Waals surface area contributed by atoms with E-state index in [-0.39, 0.29) is 17.2 Å². The van der Waals surface area contributed by atoms with Crippen LogP contribution < -0.4 is 10.6 Å². The lowest BCUT2D eigenvalue weighted by Crippen LogP contribution is -2.25. The van der Waals surface area contributed by atoms with E-state index < -0.39 is 6.04 Å². The van der Waals surface area contributed by atoms with Crippen LogP contribution in [0.4, 0.5) is 11.4 Å². The average Bonchev–Trinajstić information content (AvgIpc) is 2.85. The molecule has 0 spiro atoms. The van der Waals surface area contributed by atoms with Gasteiger partial charge in [-0.2, -0.15) is 5.10 Å². The largest absolute Gasteiger partial charge is 0.326 e. The van der Waals surface area contributed by atoms with Gasteiger partial charge in [-0.1, -0.05) is 32.4 Å². The van der Waals surface area contributed by atoms with Gasteiger partial charge in [-0.25, -0.2) is 0 Å². The number of rotatable bonds is 5. The molecule has 2 rings (SSSR count). The molecule has 0 aliphatic carbocycles. The van der Waals surface area contributed by atoms with Crippen LogP contribution in [0.2, 0.25) is 5.02 Å². The van der Waals surface area contributed by atoms with Gasteiger partial charge < -0.3 is 10.6 Å². The maximum Gasteiger partial charge on any atom is 0.248 e. The number of aryl methyl sites for hydroxylation is 2. The molecule has 2 aromatic rings. The van der Waals surface area contributed by atoms with Gasteiger partial charge in [0.2, 0.25) is 11.8 Å². The SMILES string of the molecule is Cc1cc(C)n(C(C)C(=O)Nc2ccc(NC(=O)CC(C)(C)C)cc2Cl)n1. The van der Waals surface area contributed by atoms with Gasteiger partial charge in [0.25, 0.3) is 0 Å². The first-order valence-electron chi connectivity index (χ1n) is 8.89. The minimum atomic E-state index is -0.471. The number of amides is 2. The third-order valence-electron chi connectivity index (χ3n) is 3.99. The number of aromatic nitrogens is 2. The second-order valence-electron chi connectivity index (χ2n) is 8.02. The van der Waals surface area contributed by atoms with Crippen LogP contribution in [0, 0.1) is 19.3 Å². The molecule has 2 amide bonds. The number of halogens is 1. The van der Waals surface area contributed by atoms with Gasteiger partial charge >= 0.3 is 0 Å². The Morgan fingerprint density at radius 3 is 2.37 bits per heavy atom. The molecule has 0 radical (unpaired) electrons. The van der Waals surface area contributed by atoms with Crippen LogP contribution in [0.5, 0.6) is 0 Å². The zero-order valence-corrected chi connectivity index (χ0v) is 17.4. The Morgan fingerprint density at radius 2 is 1.85 bits per heavy atom. The van der Waals surface area contributed by atoms with Gasteiger partial charge in [0.1, 0.15) is 6.04 Å². The standard InChI is InChI=1S/C20H27ClN4O2/c1-12-9-13(2)25(24-12)14(3)19(27)23-17-8-7-15(10-16(17)21)22-18(26)11-20(4,5)6/h7-10,14H,11H2,1-6H3,(H,22,26)(H,23,27). The van der Waals surface area contributed by atoms with E-state index in [2.05, 4.69) is 15.7 Å². The zero-order valence-electron chi connectivity index (χ0n) is 16.7. The van der Waals surface area contributed by atoms with Crippen molar-refractivity contribution < 1.29 is 9.59 Å². The molecule has 27 heavy (non-hydrogen) atoms. The Morgan fingerprint density at radius 1 is 1.19 bits per heavy atom. The number of nitrogens with one attached hydrogen (secondary N) is 2. The second kappa shape index (κ2) is 8.13. The molecule has 0 aliphatic heterocycles. The molecular formula is C20H27ClN4O2. The molecule has 1 aromatic heterocycles. The lowest BCUT2D eigenvalue weighted by molar-refractivity contribution is -0.119. The maximum absolute atomic E-state index is 12.5. The fourth-order valence-corrected chi connectivity index (χ4v) is 3.00. The van der Waals surface area contributed by atoms with E-state index in [0.717, 1.165) is 11.4 Å². The summed E-state index contributed by atoms with van der Waals surface area (Å²) in [4.78, 5) is 24.6. The van der Waals surface area contributed by atoms with Crippen LogP contribution in [0.15, 0.2) is 24.3 Å². The smallest absolute Gasteiger partial charge is 0.248 e. The predicted octanol–water partition coefficient (Wildman–Crippen LogP) is 4.73. The summed E-state index contributed by atoms with van der Waals surface area (Å²) in [6, 6.07) is 6.48. The number of hydrogen-bond donors (Lipinski definition) is 2. The predicted molar refractivity (Wildman–Crippen MR) is 109 cm³/mol. The molecule has 1 heterocycles.